The fraction of sp³-hybridized carbons (Fsp3) is 0.600. The molecule has 0 spiro atoms. The standard InChI is InChI=1S/C10H14N2OS/c1-8(13)9-7-14-10(11-9)6-12-4-2-3-5-12/h7H,2-6H2,1H3. The van der Waals surface area contributed by atoms with E-state index in [1.54, 1.807) is 18.3 Å². The molecule has 0 radical (unpaired) electrons. The Bertz CT molecular complexity index is 329. The van der Waals surface area contributed by atoms with Gasteiger partial charge in [-0.2, -0.15) is 0 Å². The molecule has 2 rings (SSSR count). The molecule has 0 amide bonds. The third-order valence-electron chi connectivity index (χ3n) is 2.47. The van der Waals surface area contributed by atoms with Crippen molar-refractivity contribution in [2.45, 2.75) is 26.3 Å². The van der Waals surface area contributed by atoms with Gasteiger partial charge < -0.3 is 0 Å². The molecular weight excluding hydrogens is 196 g/mol. The van der Waals surface area contributed by atoms with Crippen molar-refractivity contribution in [2.24, 2.45) is 0 Å². The lowest BCUT2D eigenvalue weighted by molar-refractivity contribution is 0.101. The first-order chi connectivity index (χ1) is 6.75. The lowest BCUT2D eigenvalue weighted by Gasteiger charge is -2.11. The fourth-order valence-electron chi connectivity index (χ4n) is 1.68. The zero-order chi connectivity index (χ0) is 9.97. The average Bonchev–Trinajstić information content (AvgIpc) is 2.75. The number of hydrogen-bond acceptors (Lipinski definition) is 4. The summed E-state index contributed by atoms with van der Waals surface area (Å²) in [5, 5.41) is 2.92. The van der Waals surface area contributed by atoms with Crippen LogP contribution in [0.25, 0.3) is 0 Å². The SMILES string of the molecule is CC(=O)c1csc(CN2CCCC2)n1. The number of thiazole rings is 1. The molecule has 3 nitrogen and oxygen atoms in total. The molecule has 1 fully saturated rings. The van der Waals surface area contributed by atoms with Gasteiger partial charge in [-0.25, -0.2) is 4.98 Å². The van der Waals surface area contributed by atoms with E-state index in [0.717, 1.165) is 11.6 Å². The van der Waals surface area contributed by atoms with Crippen LogP contribution in [0.3, 0.4) is 0 Å². The Hall–Kier alpha value is -0.740. The highest BCUT2D eigenvalue weighted by Crippen LogP contribution is 2.16. The first kappa shape index (κ1) is 9.80. The molecule has 76 valence electrons. The van der Waals surface area contributed by atoms with Crippen LogP contribution >= 0.6 is 11.3 Å². The maximum Gasteiger partial charge on any atom is 0.178 e. The number of aromatic nitrogens is 1. The molecule has 0 aromatic carbocycles. The van der Waals surface area contributed by atoms with E-state index < -0.39 is 0 Å². The van der Waals surface area contributed by atoms with Gasteiger partial charge in [0.25, 0.3) is 0 Å². The summed E-state index contributed by atoms with van der Waals surface area (Å²) in [6.45, 7) is 4.83. The van der Waals surface area contributed by atoms with Crippen LogP contribution in [0, 0.1) is 0 Å². The second-order valence-electron chi connectivity index (χ2n) is 3.67. The quantitative estimate of drug-likeness (QED) is 0.715. The summed E-state index contributed by atoms with van der Waals surface area (Å²) in [7, 11) is 0. The Morgan fingerprint density at radius 1 is 1.57 bits per heavy atom. The second-order valence-corrected chi connectivity index (χ2v) is 4.61. The lowest BCUT2D eigenvalue weighted by atomic mass is 10.3. The molecule has 0 saturated carbocycles. The highest BCUT2D eigenvalue weighted by Gasteiger charge is 2.14. The summed E-state index contributed by atoms with van der Waals surface area (Å²) in [4.78, 5) is 17.7. The van der Waals surface area contributed by atoms with Gasteiger partial charge in [-0.1, -0.05) is 0 Å². The second kappa shape index (κ2) is 4.19. The summed E-state index contributed by atoms with van der Waals surface area (Å²) < 4.78 is 0. The van der Waals surface area contributed by atoms with Crippen molar-refractivity contribution in [3.8, 4) is 0 Å². The number of carbonyl (C=O) groups is 1. The maximum atomic E-state index is 11.0. The number of likely N-dealkylation sites (tertiary alicyclic amines) is 1. The Balaban J connectivity index is 1.98. The fourth-order valence-corrected chi connectivity index (χ4v) is 2.55. The largest absolute Gasteiger partial charge is 0.297 e. The first-order valence-corrected chi connectivity index (χ1v) is 5.81. The minimum Gasteiger partial charge on any atom is -0.297 e. The van der Waals surface area contributed by atoms with E-state index in [4.69, 9.17) is 0 Å². The topological polar surface area (TPSA) is 33.2 Å². The Labute approximate surface area is 87.8 Å². The van der Waals surface area contributed by atoms with E-state index in [0.29, 0.717) is 5.69 Å². The van der Waals surface area contributed by atoms with Crippen LogP contribution in [0.15, 0.2) is 5.38 Å². The van der Waals surface area contributed by atoms with Crippen LogP contribution in [0.2, 0.25) is 0 Å². The van der Waals surface area contributed by atoms with Gasteiger partial charge in [-0.15, -0.1) is 11.3 Å². The lowest BCUT2D eigenvalue weighted by Crippen LogP contribution is -2.18. The molecule has 0 bridgehead atoms. The van der Waals surface area contributed by atoms with Crippen LogP contribution in [0.1, 0.15) is 35.3 Å². The number of carbonyl (C=O) groups excluding carboxylic acids is 1. The van der Waals surface area contributed by atoms with Gasteiger partial charge in [0.2, 0.25) is 0 Å². The maximum absolute atomic E-state index is 11.0. The van der Waals surface area contributed by atoms with E-state index in [-0.39, 0.29) is 5.78 Å². The molecule has 2 heterocycles. The highest BCUT2D eigenvalue weighted by molar-refractivity contribution is 7.09. The van der Waals surface area contributed by atoms with Crippen LogP contribution in [0.5, 0.6) is 0 Å². The molecule has 1 aliphatic rings. The highest BCUT2D eigenvalue weighted by atomic mass is 32.1. The molecule has 4 heteroatoms. The molecule has 14 heavy (non-hydrogen) atoms. The Kier molecular flexibility index (Phi) is 2.93. The monoisotopic (exact) mass is 210 g/mol. The first-order valence-electron chi connectivity index (χ1n) is 4.93. The molecule has 0 aliphatic carbocycles. The number of nitrogens with zero attached hydrogens (tertiary/aromatic N) is 2. The number of ketones is 1. The van der Waals surface area contributed by atoms with Gasteiger partial charge in [0.1, 0.15) is 10.7 Å². The van der Waals surface area contributed by atoms with E-state index in [2.05, 4.69) is 9.88 Å². The third kappa shape index (κ3) is 2.19. The zero-order valence-electron chi connectivity index (χ0n) is 8.32. The van der Waals surface area contributed by atoms with Crippen LogP contribution in [0.4, 0.5) is 0 Å². The summed E-state index contributed by atoms with van der Waals surface area (Å²) in [5.41, 5.74) is 0.615. The number of rotatable bonds is 3. The Morgan fingerprint density at radius 2 is 2.29 bits per heavy atom. The Morgan fingerprint density at radius 3 is 2.86 bits per heavy atom. The molecule has 1 aromatic heterocycles. The van der Waals surface area contributed by atoms with Gasteiger partial charge in [-0.05, 0) is 25.9 Å². The van der Waals surface area contributed by atoms with Crippen LogP contribution in [-0.2, 0) is 6.54 Å². The van der Waals surface area contributed by atoms with Crippen molar-refractivity contribution in [1.82, 2.24) is 9.88 Å². The van der Waals surface area contributed by atoms with Crippen molar-refractivity contribution >= 4 is 17.1 Å². The van der Waals surface area contributed by atoms with Crippen molar-refractivity contribution in [3.05, 3.63) is 16.1 Å². The molecule has 1 aromatic rings. The van der Waals surface area contributed by atoms with Crippen molar-refractivity contribution in [1.29, 1.82) is 0 Å². The van der Waals surface area contributed by atoms with Crippen LogP contribution in [-0.4, -0.2) is 28.8 Å². The van der Waals surface area contributed by atoms with Crippen molar-refractivity contribution in [2.75, 3.05) is 13.1 Å². The van der Waals surface area contributed by atoms with Gasteiger partial charge >= 0.3 is 0 Å². The van der Waals surface area contributed by atoms with E-state index in [9.17, 15) is 4.79 Å². The minimum absolute atomic E-state index is 0.0638. The van der Waals surface area contributed by atoms with Gasteiger partial charge in [-0.3, -0.25) is 9.69 Å². The molecule has 1 saturated heterocycles. The molecule has 0 N–H and O–H groups in total. The molecule has 0 atom stereocenters. The van der Waals surface area contributed by atoms with Gasteiger partial charge in [0.05, 0.1) is 6.54 Å². The smallest absolute Gasteiger partial charge is 0.178 e. The molecule has 0 unspecified atom stereocenters. The van der Waals surface area contributed by atoms with Gasteiger partial charge in [0.15, 0.2) is 5.78 Å². The summed E-state index contributed by atoms with van der Waals surface area (Å²) in [6.07, 6.45) is 2.59. The average molecular weight is 210 g/mol. The zero-order valence-corrected chi connectivity index (χ0v) is 9.14. The van der Waals surface area contributed by atoms with E-state index in [1.807, 2.05) is 5.38 Å². The number of Topliss-reactive ketones (excluding diaryl/α,β-unsaturated/α-hetero) is 1. The normalized spacial score (nSPS) is 17.5. The number of hydrogen-bond donors (Lipinski definition) is 0. The van der Waals surface area contributed by atoms with Gasteiger partial charge in [0, 0.05) is 12.3 Å². The van der Waals surface area contributed by atoms with E-state index >= 15 is 0 Å². The van der Waals surface area contributed by atoms with E-state index in [1.165, 1.54) is 25.9 Å². The third-order valence-corrected chi connectivity index (χ3v) is 3.30. The summed E-state index contributed by atoms with van der Waals surface area (Å²) in [6, 6.07) is 0. The van der Waals surface area contributed by atoms with Crippen molar-refractivity contribution in [3.63, 3.8) is 0 Å². The predicted molar refractivity (Wildman–Crippen MR) is 56.6 cm³/mol. The summed E-state index contributed by atoms with van der Waals surface area (Å²) in [5.74, 6) is 0.0638. The van der Waals surface area contributed by atoms with Crippen molar-refractivity contribution < 1.29 is 4.79 Å². The molecule has 1 aliphatic heterocycles. The van der Waals surface area contributed by atoms with Crippen LogP contribution < -0.4 is 0 Å². The predicted octanol–water partition coefficient (Wildman–Crippen LogP) is 1.94. The molecular formula is C10H14N2OS. The minimum atomic E-state index is 0.0638. The summed E-state index contributed by atoms with van der Waals surface area (Å²) >= 11 is 1.59.